The summed E-state index contributed by atoms with van der Waals surface area (Å²) in [6.07, 6.45) is -7.28. The number of hydrogen-bond donors (Lipinski definition) is 1. The summed E-state index contributed by atoms with van der Waals surface area (Å²) in [4.78, 5) is 8.76. The lowest BCUT2D eigenvalue weighted by Crippen LogP contribution is -2.41. The smallest absolute Gasteiger partial charge is 0.381 e. The Bertz CT molecular complexity index is 366. The molecule has 0 saturated heterocycles. The van der Waals surface area contributed by atoms with Crippen LogP contribution in [0.1, 0.15) is 11.7 Å². The molecule has 2 unspecified atom stereocenters. The molecule has 0 aliphatic carbocycles. The third-order valence-corrected chi connectivity index (χ3v) is 2.00. The fraction of sp³-hybridized carbons (Fsp3) is 0.333. The van der Waals surface area contributed by atoms with E-state index in [1.54, 1.807) is 0 Å². The van der Waals surface area contributed by atoms with Crippen molar-refractivity contribution in [1.82, 2.24) is 0 Å². The molecular weight excluding hydrogens is 227 g/mol. The Kier molecular flexibility index (Phi) is 3.48. The summed E-state index contributed by atoms with van der Waals surface area (Å²) in [6.45, 7) is 0. The first-order valence-corrected chi connectivity index (χ1v) is 4.27. The first kappa shape index (κ1) is 12.4. The van der Waals surface area contributed by atoms with Gasteiger partial charge in [-0.2, -0.15) is 13.2 Å². The van der Waals surface area contributed by atoms with Crippen molar-refractivity contribution in [3.63, 3.8) is 0 Å². The van der Waals surface area contributed by atoms with Crippen molar-refractivity contribution < 1.29 is 23.2 Å². The monoisotopic (exact) mass is 235 g/mol. The number of benzene rings is 1. The van der Waals surface area contributed by atoms with Crippen molar-refractivity contribution in [3.8, 4) is 0 Å². The van der Waals surface area contributed by atoms with Crippen LogP contribution >= 0.6 is 0 Å². The molecule has 88 valence electrons. The first-order chi connectivity index (χ1) is 7.34. The minimum Gasteiger partial charge on any atom is -0.381 e. The van der Waals surface area contributed by atoms with E-state index in [1.165, 1.54) is 30.3 Å². The highest BCUT2D eigenvalue weighted by Gasteiger charge is 2.54. The number of aliphatic hydroxyl groups excluding tert-OH is 1. The highest BCUT2D eigenvalue weighted by molar-refractivity contribution is 5.18. The van der Waals surface area contributed by atoms with Crippen molar-refractivity contribution in [2.75, 3.05) is 0 Å². The molecule has 0 fully saturated rings. The van der Waals surface area contributed by atoms with Crippen LogP contribution < -0.4 is 0 Å². The standard InChI is InChI=1S/C9H8F3NO3/c10-9(11,12)8(13(15)16)7(14)6-4-2-1-3-5-6/h1-5,7-8,14H. The molecule has 0 heterocycles. The van der Waals surface area contributed by atoms with Gasteiger partial charge in [0, 0.05) is 4.92 Å². The molecule has 0 radical (unpaired) electrons. The zero-order valence-corrected chi connectivity index (χ0v) is 7.89. The Morgan fingerprint density at radius 2 is 1.75 bits per heavy atom. The fourth-order valence-corrected chi connectivity index (χ4v) is 1.25. The number of nitro groups is 1. The molecule has 0 spiro atoms. The van der Waals surface area contributed by atoms with Gasteiger partial charge in [0.15, 0.2) is 6.10 Å². The normalized spacial score (nSPS) is 15.5. The van der Waals surface area contributed by atoms with E-state index in [9.17, 15) is 28.4 Å². The quantitative estimate of drug-likeness (QED) is 0.643. The molecule has 16 heavy (non-hydrogen) atoms. The molecule has 2 atom stereocenters. The van der Waals surface area contributed by atoms with Gasteiger partial charge in [-0.25, -0.2) is 0 Å². The highest BCUT2D eigenvalue weighted by atomic mass is 19.4. The van der Waals surface area contributed by atoms with Crippen LogP contribution in [0, 0.1) is 10.1 Å². The van der Waals surface area contributed by atoms with Gasteiger partial charge in [0.1, 0.15) is 0 Å². The number of hydrogen-bond acceptors (Lipinski definition) is 3. The number of aliphatic hydroxyl groups is 1. The molecule has 1 aromatic rings. The van der Waals surface area contributed by atoms with Gasteiger partial charge in [-0.3, -0.25) is 10.1 Å². The van der Waals surface area contributed by atoms with Gasteiger partial charge in [0.2, 0.25) is 0 Å². The lowest BCUT2D eigenvalue weighted by molar-refractivity contribution is -0.575. The van der Waals surface area contributed by atoms with Gasteiger partial charge in [-0.05, 0) is 5.56 Å². The fourth-order valence-electron chi connectivity index (χ4n) is 1.25. The molecule has 4 nitrogen and oxygen atoms in total. The van der Waals surface area contributed by atoms with E-state index >= 15 is 0 Å². The molecule has 0 aromatic heterocycles. The third-order valence-electron chi connectivity index (χ3n) is 2.00. The zero-order chi connectivity index (χ0) is 12.3. The molecule has 0 amide bonds. The van der Waals surface area contributed by atoms with E-state index in [4.69, 9.17) is 0 Å². The van der Waals surface area contributed by atoms with Crippen LogP contribution in [0.15, 0.2) is 30.3 Å². The molecule has 1 N–H and O–H groups in total. The Labute approximate surface area is 88.5 Å². The largest absolute Gasteiger partial charge is 0.460 e. The molecular formula is C9H8F3NO3. The number of alkyl halides is 3. The first-order valence-electron chi connectivity index (χ1n) is 4.27. The van der Waals surface area contributed by atoms with E-state index in [1.807, 2.05) is 0 Å². The predicted molar refractivity (Wildman–Crippen MR) is 48.2 cm³/mol. The Balaban J connectivity index is 3.02. The summed E-state index contributed by atoms with van der Waals surface area (Å²) in [6, 6.07) is 3.72. The van der Waals surface area contributed by atoms with Crippen LogP contribution in [-0.2, 0) is 0 Å². The lowest BCUT2D eigenvalue weighted by atomic mass is 10.0. The summed E-state index contributed by atoms with van der Waals surface area (Å²) in [7, 11) is 0. The number of rotatable bonds is 3. The van der Waals surface area contributed by atoms with Gasteiger partial charge in [0.05, 0.1) is 0 Å². The second-order valence-corrected chi connectivity index (χ2v) is 3.13. The van der Waals surface area contributed by atoms with Crippen LogP contribution in [0.5, 0.6) is 0 Å². The van der Waals surface area contributed by atoms with Crippen molar-refractivity contribution in [2.45, 2.75) is 18.3 Å². The topological polar surface area (TPSA) is 63.4 Å². The Morgan fingerprint density at radius 1 is 1.25 bits per heavy atom. The van der Waals surface area contributed by atoms with Gasteiger partial charge < -0.3 is 5.11 Å². The zero-order valence-electron chi connectivity index (χ0n) is 7.89. The maximum atomic E-state index is 12.3. The predicted octanol–water partition coefficient (Wildman–Crippen LogP) is 1.93. The number of nitrogens with zero attached hydrogens (tertiary/aromatic N) is 1. The van der Waals surface area contributed by atoms with Gasteiger partial charge in [-0.15, -0.1) is 0 Å². The van der Waals surface area contributed by atoms with Crippen LogP contribution in [0.4, 0.5) is 13.2 Å². The summed E-state index contributed by atoms with van der Waals surface area (Å²) in [5.41, 5.74) is -0.137. The molecule has 0 aliphatic rings. The summed E-state index contributed by atoms with van der Waals surface area (Å²) < 4.78 is 36.9. The number of halogens is 3. The van der Waals surface area contributed by atoms with E-state index in [0.29, 0.717) is 0 Å². The molecule has 0 saturated carbocycles. The Hall–Kier alpha value is -1.63. The van der Waals surface area contributed by atoms with Crippen LogP contribution in [0.25, 0.3) is 0 Å². The summed E-state index contributed by atoms with van der Waals surface area (Å²) in [5.74, 6) is 0. The maximum Gasteiger partial charge on any atom is 0.460 e. The SMILES string of the molecule is O=[N+]([O-])C(C(O)c1ccccc1)C(F)(F)F. The summed E-state index contributed by atoms with van der Waals surface area (Å²) in [5, 5.41) is 19.6. The van der Waals surface area contributed by atoms with Crippen molar-refractivity contribution in [1.29, 1.82) is 0 Å². The van der Waals surface area contributed by atoms with E-state index < -0.39 is 23.2 Å². The average molecular weight is 235 g/mol. The van der Waals surface area contributed by atoms with Crippen molar-refractivity contribution in [2.24, 2.45) is 0 Å². The highest BCUT2D eigenvalue weighted by Crippen LogP contribution is 2.31. The summed E-state index contributed by atoms with van der Waals surface area (Å²) >= 11 is 0. The van der Waals surface area contributed by atoms with Crippen LogP contribution in [0.3, 0.4) is 0 Å². The average Bonchev–Trinajstić information content (AvgIpc) is 2.16. The lowest BCUT2D eigenvalue weighted by Gasteiger charge is -2.18. The van der Waals surface area contributed by atoms with Gasteiger partial charge >= 0.3 is 12.2 Å². The molecule has 0 aliphatic heterocycles. The second kappa shape index (κ2) is 4.48. The second-order valence-electron chi connectivity index (χ2n) is 3.13. The molecule has 1 aromatic carbocycles. The van der Waals surface area contributed by atoms with E-state index in [0.717, 1.165) is 0 Å². The van der Waals surface area contributed by atoms with Crippen molar-refractivity contribution >= 4 is 0 Å². The Morgan fingerprint density at radius 3 is 2.12 bits per heavy atom. The van der Waals surface area contributed by atoms with Gasteiger partial charge in [0.25, 0.3) is 0 Å². The van der Waals surface area contributed by atoms with Crippen LogP contribution in [-0.4, -0.2) is 22.2 Å². The maximum absolute atomic E-state index is 12.3. The van der Waals surface area contributed by atoms with E-state index in [2.05, 4.69) is 0 Å². The van der Waals surface area contributed by atoms with E-state index in [-0.39, 0.29) is 5.56 Å². The third kappa shape index (κ3) is 2.69. The molecule has 0 bridgehead atoms. The minimum atomic E-state index is -5.08. The molecule has 7 heteroatoms. The van der Waals surface area contributed by atoms with Crippen LogP contribution in [0.2, 0.25) is 0 Å². The van der Waals surface area contributed by atoms with Crippen molar-refractivity contribution in [3.05, 3.63) is 46.0 Å². The van der Waals surface area contributed by atoms with Gasteiger partial charge in [-0.1, -0.05) is 30.3 Å². The molecule has 1 rings (SSSR count). The minimum absolute atomic E-state index is 0.137.